The molecule has 0 aromatic heterocycles. The number of carboxylic acid groups (broad SMARTS) is 1. The van der Waals surface area contributed by atoms with Crippen LogP contribution < -0.4 is 10.6 Å². The molecule has 2 rings (SSSR count). The Labute approximate surface area is 190 Å². The number of anilines is 1. The first kappa shape index (κ1) is 26.3. The number of hydrogen-bond acceptors (Lipinski definition) is 6. The lowest BCUT2D eigenvalue weighted by atomic mass is 9.79. The Bertz CT molecular complexity index is 780. The summed E-state index contributed by atoms with van der Waals surface area (Å²) in [7, 11) is 3.20. The molecule has 1 amide bonds. The van der Waals surface area contributed by atoms with Gasteiger partial charge in [0.1, 0.15) is 0 Å². The number of aliphatic hydroxyl groups is 1. The summed E-state index contributed by atoms with van der Waals surface area (Å²) in [4.78, 5) is 26.3. The summed E-state index contributed by atoms with van der Waals surface area (Å²) in [5, 5.41) is 19.4. The number of carboxylic acids is 1. The summed E-state index contributed by atoms with van der Waals surface area (Å²) >= 11 is 0. The molecular formula is C24H38N2O6. The van der Waals surface area contributed by atoms with Crippen molar-refractivity contribution in [1.29, 1.82) is 0 Å². The van der Waals surface area contributed by atoms with E-state index in [4.69, 9.17) is 20.3 Å². The van der Waals surface area contributed by atoms with Gasteiger partial charge in [0.2, 0.25) is 5.91 Å². The highest BCUT2D eigenvalue weighted by Gasteiger charge is 2.36. The maximum Gasteiger partial charge on any atom is 0.306 e. The molecule has 1 aromatic carbocycles. The van der Waals surface area contributed by atoms with Crippen LogP contribution in [-0.2, 0) is 25.5 Å². The zero-order valence-electron chi connectivity index (χ0n) is 19.8. The van der Waals surface area contributed by atoms with Crippen LogP contribution in [0, 0.1) is 17.3 Å². The van der Waals surface area contributed by atoms with Gasteiger partial charge in [-0.1, -0.05) is 39.0 Å². The van der Waals surface area contributed by atoms with E-state index in [1.807, 2.05) is 38.1 Å². The van der Waals surface area contributed by atoms with E-state index in [1.54, 1.807) is 26.0 Å². The maximum absolute atomic E-state index is 13.4. The summed E-state index contributed by atoms with van der Waals surface area (Å²) in [6.07, 6.45) is 0.120. The van der Waals surface area contributed by atoms with Crippen LogP contribution in [0.5, 0.6) is 0 Å². The number of hydrogen-bond donors (Lipinski definition) is 3. The number of para-hydroxylation sites is 1. The van der Waals surface area contributed by atoms with Crippen LogP contribution in [0.4, 0.5) is 5.69 Å². The van der Waals surface area contributed by atoms with Gasteiger partial charge in [-0.15, -0.1) is 0 Å². The molecule has 0 radical (unpaired) electrons. The molecule has 0 spiro atoms. The van der Waals surface area contributed by atoms with Gasteiger partial charge >= 0.3 is 5.97 Å². The number of ether oxygens (including phenoxy) is 2. The normalized spacial score (nSPS) is 19.4. The third kappa shape index (κ3) is 6.75. The molecule has 1 aromatic rings. The molecule has 8 heteroatoms. The monoisotopic (exact) mass is 450 g/mol. The highest BCUT2D eigenvalue weighted by molar-refractivity contribution is 5.95. The van der Waals surface area contributed by atoms with Crippen molar-refractivity contribution in [1.82, 2.24) is 0 Å². The molecule has 4 atom stereocenters. The number of rotatable bonds is 11. The standard InChI is InChI=1S/C24H38N2O6/c1-15(22(29)30)10-20(27)18(25)12-24(2,3)13-21(28)26-14-17(23(31-4)32-5)11-16-8-6-7-9-19(16)26/h6-9,15,17-18,20,23,27H,10-14,25H2,1-5H3,(H,29,30)/t15-,17-,18+,20+/m1/s1. The number of methoxy groups -OCH3 is 2. The van der Waals surface area contributed by atoms with E-state index in [1.165, 1.54) is 0 Å². The summed E-state index contributed by atoms with van der Waals surface area (Å²) in [5.74, 6) is -1.67. The first-order valence-electron chi connectivity index (χ1n) is 11.1. The zero-order valence-corrected chi connectivity index (χ0v) is 19.8. The van der Waals surface area contributed by atoms with Crippen molar-refractivity contribution in [3.05, 3.63) is 29.8 Å². The minimum absolute atomic E-state index is 0.00791. The van der Waals surface area contributed by atoms with Crippen LogP contribution in [-0.4, -0.2) is 61.3 Å². The van der Waals surface area contributed by atoms with Crippen LogP contribution in [0.3, 0.4) is 0 Å². The quantitative estimate of drug-likeness (QED) is 0.443. The summed E-state index contributed by atoms with van der Waals surface area (Å²) in [6, 6.07) is 7.23. The number of carbonyl (C=O) groups is 2. The first-order valence-corrected chi connectivity index (χ1v) is 11.1. The lowest BCUT2D eigenvalue weighted by Gasteiger charge is -2.39. The van der Waals surface area contributed by atoms with Crippen molar-refractivity contribution in [3.8, 4) is 0 Å². The molecule has 0 fully saturated rings. The number of benzene rings is 1. The molecule has 0 bridgehead atoms. The predicted octanol–water partition coefficient (Wildman–Crippen LogP) is 2.42. The third-order valence-electron chi connectivity index (χ3n) is 6.26. The number of fused-ring (bicyclic) bond motifs is 1. The minimum atomic E-state index is -0.963. The van der Waals surface area contributed by atoms with E-state index in [-0.39, 0.29) is 24.7 Å². The van der Waals surface area contributed by atoms with Crippen molar-refractivity contribution < 1.29 is 29.3 Å². The number of amides is 1. The molecule has 32 heavy (non-hydrogen) atoms. The summed E-state index contributed by atoms with van der Waals surface area (Å²) < 4.78 is 10.9. The Balaban J connectivity index is 2.11. The van der Waals surface area contributed by atoms with E-state index in [9.17, 15) is 14.7 Å². The lowest BCUT2D eigenvalue weighted by molar-refractivity contribution is -0.142. The minimum Gasteiger partial charge on any atom is -0.481 e. The lowest BCUT2D eigenvalue weighted by Crippen LogP contribution is -2.46. The van der Waals surface area contributed by atoms with Crippen molar-refractivity contribution in [3.63, 3.8) is 0 Å². The topological polar surface area (TPSA) is 122 Å². The second kappa shape index (κ2) is 11.2. The van der Waals surface area contributed by atoms with Crippen molar-refractivity contribution in [2.75, 3.05) is 25.7 Å². The van der Waals surface area contributed by atoms with E-state index in [0.717, 1.165) is 17.7 Å². The van der Waals surface area contributed by atoms with E-state index in [0.29, 0.717) is 13.0 Å². The largest absolute Gasteiger partial charge is 0.481 e. The van der Waals surface area contributed by atoms with E-state index < -0.39 is 35.7 Å². The predicted molar refractivity (Wildman–Crippen MR) is 122 cm³/mol. The molecular weight excluding hydrogens is 412 g/mol. The number of carbonyl (C=O) groups excluding carboxylic acids is 1. The molecule has 0 saturated carbocycles. The first-order chi connectivity index (χ1) is 15.0. The molecule has 0 saturated heterocycles. The Hall–Kier alpha value is -2.00. The highest BCUT2D eigenvalue weighted by atomic mass is 16.7. The summed E-state index contributed by atoms with van der Waals surface area (Å²) in [5.41, 5.74) is 7.67. The Morgan fingerprint density at radius 2 is 1.88 bits per heavy atom. The van der Waals surface area contributed by atoms with Crippen molar-refractivity contribution in [2.24, 2.45) is 23.0 Å². The van der Waals surface area contributed by atoms with Gasteiger partial charge in [0, 0.05) is 44.8 Å². The molecule has 1 aliphatic rings. The average molecular weight is 451 g/mol. The van der Waals surface area contributed by atoms with Crippen molar-refractivity contribution in [2.45, 2.75) is 64.9 Å². The molecule has 1 heterocycles. The fraction of sp³-hybridized carbons (Fsp3) is 0.667. The average Bonchev–Trinajstić information content (AvgIpc) is 2.73. The van der Waals surface area contributed by atoms with E-state index >= 15 is 0 Å². The zero-order chi connectivity index (χ0) is 24.1. The van der Waals surface area contributed by atoms with Gasteiger partial charge in [0.15, 0.2) is 6.29 Å². The fourth-order valence-electron chi connectivity index (χ4n) is 4.52. The molecule has 8 nitrogen and oxygen atoms in total. The molecule has 0 aliphatic carbocycles. The maximum atomic E-state index is 13.4. The van der Waals surface area contributed by atoms with Gasteiger partial charge < -0.3 is 30.3 Å². The van der Waals surface area contributed by atoms with Crippen LogP contribution >= 0.6 is 0 Å². The second-order valence-corrected chi connectivity index (χ2v) is 9.69. The van der Waals surface area contributed by atoms with Gasteiger partial charge in [0.05, 0.1) is 12.0 Å². The van der Waals surface area contributed by atoms with Crippen LogP contribution in [0.2, 0.25) is 0 Å². The molecule has 1 aliphatic heterocycles. The second-order valence-electron chi connectivity index (χ2n) is 9.69. The summed E-state index contributed by atoms with van der Waals surface area (Å²) in [6.45, 7) is 5.92. The van der Waals surface area contributed by atoms with Crippen LogP contribution in [0.25, 0.3) is 0 Å². The van der Waals surface area contributed by atoms with E-state index in [2.05, 4.69) is 0 Å². The Morgan fingerprint density at radius 3 is 2.47 bits per heavy atom. The van der Waals surface area contributed by atoms with Crippen LogP contribution in [0.1, 0.15) is 45.6 Å². The van der Waals surface area contributed by atoms with Gasteiger partial charge in [-0.3, -0.25) is 9.59 Å². The van der Waals surface area contributed by atoms with Gasteiger partial charge in [0.25, 0.3) is 0 Å². The Morgan fingerprint density at radius 1 is 1.25 bits per heavy atom. The Kier molecular flexibility index (Phi) is 9.21. The van der Waals surface area contributed by atoms with Crippen molar-refractivity contribution >= 4 is 17.6 Å². The number of nitrogens with two attached hydrogens (primary N) is 1. The molecule has 4 N–H and O–H groups in total. The van der Waals surface area contributed by atoms with Gasteiger partial charge in [-0.25, -0.2) is 0 Å². The number of nitrogens with zero attached hydrogens (tertiary/aromatic N) is 1. The fourth-order valence-corrected chi connectivity index (χ4v) is 4.52. The number of aliphatic carboxylic acids is 1. The smallest absolute Gasteiger partial charge is 0.306 e. The van der Waals surface area contributed by atoms with Gasteiger partial charge in [-0.05, 0) is 36.3 Å². The van der Waals surface area contributed by atoms with Gasteiger partial charge in [-0.2, -0.15) is 0 Å². The highest BCUT2D eigenvalue weighted by Crippen LogP contribution is 2.35. The molecule has 0 unspecified atom stereocenters. The SMILES string of the molecule is COC(OC)[C@@H]1Cc2ccccc2N(C(=O)CC(C)(C)C[C@H](N)[C@@H](O)C[C@@H](C)C(=O)O)C1. The number of aliphatic hydroxyl groups excluding tert-OH is 1. The third-order valence-corrected chi connectivity index (χ3v) is 6.26. The molecule has 180 valence electrons. The van der Waals surface area contributed by atoms with Crippen LogP contribution in [0.15, 0.2) is 24.3 Å².